The minimum absolute atomic E-state index is 0.0932. The molecule has 0 aliphatic carbocycles. The Kier molecular flexibility index (Phi) is 5.77. The molecule has 2 nitrogen and oxygen atoms in total. The van der Waals surface area contributed by atoms with E-state index in [9.17, 15) is 4.39 Å². The van der Waals surface area contributed by atoms with Crippen molar-refractivity contribution in [1.82, 2.24) is 0 Å². The molecule has 0 aliphatic heterocycles. The molecule has 0 bridgehead atoms. The highest BCUT2D eigenvalue weighted by molar-refractivity contribution is 9.10. The summed E-state index contributed by atoms with van der Waals surface area (Å²) in [6.45, 7) is 1.66. The quantitative estimate of drug-likeness (QED) is 0.874. The molecule has 0 saturated carbocycles. The van der Waals surface area contributed by atoms with Crippen LogP contribution >= 0.6 is 15.9 Å². The molecule has 0 fully saturated rings. The topological polar surface area (TPSA) is 35.2 Å². The molecule has 2 N–H and O–H groups in total. The number of halogens is 2. The normalized spacial score (nSPS) is 12.5. The van der Waals surface area contributed by atoms with E-state index >= 15 is 0 Å². The standard InChI is InChI=1S/C12H17BrFNO/c1-2-11(15)8-9-7-10(13)3-4-12(9)16-6-5-14/h3-4,7,11H,2,5-6,8,15H2,1H3. The van der Waals surface area contributed by atoms with E-state index in [4.69, 9.17) is 10.5 Å². The van der Waals surface area contributed by atoms with Gasteiger partial charge in [-0.25, -0.2) is 4.39 Å². The van der Waals surface area contributed by atoms with Crippen LogP contribution in [0.5, 0.6) is 5.75 Å². The van der Waals surface area contributed by atoms with Crippen LogP contribution in [-0.4, -0.2) is 19.3 Å². The maximum Gasteiger partial charge on any atom is 0.123 e. The lowest BCUT2D eigenvalue weighted by molar-refractivity contribution is 0.270. The van der Waals surface area contributed by atoms with Crippen LogP contribution in [-0.2, 0) is 6.42 Å². The van der Waals surface area contributed by atoms with E-state index < -0.39 is 6.67 Å². The molecule has 1 aromatic rings. The molecule has 0 amide bonds. The Morgan fingerprint density at radius 2 is 2.25 bits per heavy atom. The highest BCUT2D eigenvalue weighted by atomic mass is 79.9. The lowest BCUT2D eigenvalue weighted by Gasteiger charge is -2.14. The molecule has 0 radical (unpaired) electrons. The van der Waals surface area contributed by atoms with Crippen molar-refractivity contribution in [3.05, 3.63) is 28.2 Å². The smallest absolute Gasteiger partial charge is 0.123 e. The van der Waals surface area contributed by atoms with E-state index in [2.05, 4.69) is 15.9 Å². The molecule has 90 valence electrons. The van der Waals surface area contributed by atoms with Gasteiger partial charge in [-0.15, -0.1) is 0 Å². The van der Waals surface area contributed by atoms with Gasteiger partial charge in [0.15, 0.2) is 0 Å². The Labute approximate surface area is 104 Å². The van der Waals surface area contributed by atoms with Crippen LogP contribution in [0.3, 0.4) is 0 Å². The largest absolute Gasteiger partial charge is 0.491 e. The molecule has 1 unspecified atom stereocenters. The third kappa shape index (κ3) is 4.10. The van der Waals surface area contributed by atoms with Crippen LogP contribution in [0.4, 0.5) is 4.39 Å². The van der Waals surface area contributed by atoms with Gasteiger partial charge in [-0.3, -0.25) is 0 Å². The summed E-state index contributed by atoms with van der Waals surface area (Å²) in [7, 11) is 0. The van der Waals surface area contributed by atoms with E-state index in [1.165, 1.54) is 0 Å². The summed E-state index contributed by atoms with van der Waals surface area (Å²) in [4.78, 5) is 0. The zero-order valence-corrected chi connectivity index (χ0v) is 11.0. The number of nitrogens with two attached hydrogens (primary N) is 1. The first kappa shape index (κ1) is 13.5. The predicted molar refractivity (Wildman–Crippen MR) is 67.6 cm³/mol. The highest BCUT2D eigenvalue weighted by Gasteiger charge is 2.08. The SMILES string of the molecule is CCC(N)Cc1cc(Br)ccc1OCCF. The van der Waals surface area contributed by atoms with Crippen molar-refractivity contribution in [2.75, 3.05) is 13.3 Å². The van der Waals surface area contributed by atoms with Gasteiger partial charge < -0.3 is 10.5 Å². The maximum atomic E-state index is 12.1. The number of rotatable bonds is 6. The van der Waals surface area contributed by atoms with E-state index in [1.807, 2.05) is 25.1 Å². The van der Waals surface area contributed by atoms with Gasteiger partial charge in [0.05, 0.1) is 0 Å². The second kappa shape index (κ2) is 6.86. The molecule has 0 heterocycles. The molecule has 16 heavy (non-hydrogen) atoms. The molecule has 4 heteroatoms. The van der Waals surface area contributed by atoms with Gasteiger partial charge in [-0.2, -0.15) is 0 Å². The van der Waals surface area contributed by atoms with Crippen molar-refractivity contribution >= 4 is 15.9 Å². The monoisotopic (exact) mass is 289 g/mol. The summed E-state index contributed by atoms with van der Waals surface area (Å²) in [5, 5.41) is 0. The van der Waals surface area contributed by atoms with Crippen LogP contribution in [0.1, 0.15) is 18.9 Å². The average molecular weight is 290 g/mol. The van der Waals surface area contributed by atoms with Crippen molar-refractivity contribution in [3.8, 4) is 5.75 Å². The Bertz CT molecular complexity index is 333. The van der Waals surface area contributed by atoms with Crippen molar-refractivity contribution in [2.24, 2.45) is 5.73 Å². The molecule has 1 rings (SSSR count). The summed E-state index contributed by atoms with van der Waals surface area (Å²) in [5.74, 6) is 0.727. The zero-order valence-electron chi connectivity index (χ0n) is 9.38. The third-order valence-electron chi connectivity index (χ3n) is 2.36. The number of benzene rings is 1. The summed E-state index contributed by atoms with van der Waals surface area (Å²) in [6.07, 6.45) is 1.66. The van der Waals surface area contributed by atoms with Crippen LogP contribution in [0, 0.1) is 0 Å². The van der Waals surface area contributed by atoms with Gasteiger partial charge in [-0.1, -0.05) is 22.9 Å². The Morgan fingerprint density at radius 3 is 2.88 bits per heavy atom. The van der Waals surface area contributed by atoms with Crippen molar-refractivity contribution in [1.29, 1.82) is 0 Å². The predicted octanol–water partition coefficient (Wildman–Crippen LogP) is 3.08. The van der Waals surface area contributed by atoms with Gasteiger partial charge >= 0.3 is 0 Å². The molecular formula is C12H17BrFNO. The Balaban J connectivity index is 2.80. The third-order valence-corrected chi connectivity index (χ3v) is 2.86. The van der Waals surface area contributed by atoms with E-state index in [0.717, 1.165) is 28.6 Å². The Morgan fingerprint density at radius 1 is 1.50 bits per heavy atom. The molecule has 0 aliphatic rings. The molecular weight excluding hydrogens is 273 g/mol. The van der Waals surface area contributed by atoms with Gasteiger partial charge in [0.1, 0.15) is 19.0 Å². The van der Waals surface area contributed by atoms with Gasteiger partial charge in [0.25, 0.3) is 0 Å². The molecule has 1 atom stereocenters. The minimum Gasteiger partial charge on any atom is -0.491 e. The van der Waals surface area contributed by atoms with Crippen molar-refractivity contribution in [3.63, 3.8) is 0 Å². The number of hydrogen-bond donors (Lipinski definition) is 1. The lowest BCUT2D eigenvalue weighted by atomic mass is 10.0. The first-order valence-electron chi connectivity index (χ1n) is 5.40. The van der Waals surface area contributed by atoms with Gasteiger partial charge in [0, 0.05) is 10.5 Å². The van der Waals surface area contributed by atoms with Crippen LogP contribution in [0.2, 0.25) is 0 Å². The Hall–Kier alpha value is -0.610. The summed E-state index contributed by atoms with van der Waals surface area (Å²) >= 11 is 3.41. The number of hydrogen-bond acceptors (Lipinski definition) is 2. The fraction of sp³-hybridized carbons (Fsp3) is 0.500. The minimum atomic E-state index is -0.477. The second-order valence-corrected chi connectivity index (χ2v) is 4.58. The summed E-state index contributed by atoms with van der Waals surface area (Å²) in [6, 6.07) is 5.82. The fourth-order valence-corrected chi connectivity index (χ4v) is 1.83. The van der Waals surface area contributed by atoms with E-state index in [0.29, 0.717) is 0 Å². The molecule has 0 spiro atoms. The van der Waals surface area contributed by atoms with Crippen LogP contribution in [0.25, 0.3) is 0 Å². The van der Waals surface area contributed by atoms with Gasteiger partial charge in [0.2, 0.25) is 0 Å². The molecule has 0 aromatic heterocycles. The van der Waals surface area contributed by atoms with E-state index in [1.54, 1.807) is 0 Å². The summed E-state index contributed by atoms with van der Waals surface area (Å²) < 4.78 is 18.4. The van der Waals surface area contributed by atoms with Crippen molar-refractivity contribution in [2.45, 2.75) is 25.8 Å². The molecule has 1 aromatic carbocycles. The first-order valence-corrected chi connectivity index (χ1v) is 6.19. The average Bonchev–Trinajstić information content (AvgIpc) is 2.28. The first-order chi connectivity index (χ1) is 7.67. The zero-order chi connectivity index (χ0) is 12.0. The van der Waals surface area contributed by atoms with E-state index in [-0.39, 0.29) is 12.6 Å². The number of ether oxygens (including phenoxy) is 1. The van der Waals surface area contributed by atoms with Crippen LogP contribution < -0.4 is 10.5 Å². The lowest BCUT2D eigenvalue weighted by Crippen LogP contribution is -2.21. The number of alkyl halides is 1. The highest BCUT2D eigenvalue weighted by Crippen LogP contribution is 2.24. The molecule has 0 saturated heterocycles. The van der Waals surface area contributed by atoms with Crippen LogP contribution in [0.15, 0.2) is 22.7 Å². The van der Waals surface area contributed by atoms with Crippen molar-refractivity contribution < 1.29 is 9.13 Å². The van der Waals surface area contributed by atoms with Gasteiger partial charge in [-0.05, 0) is 36.6 Å². The fourth-order valence-electron chi connectivity index (χ4n) is 1.42. The second-order valence-electron chi connectivity index (χ2n) is 3.66. The maximum absolute atomic E-state index is 12.1. The summed E-state index contributed by atoms with van der Waals surface area (Å²) in [5.41, 5.74) is 6.93.